The topological polar surface area (TPSA) is 38.1 Å². The van der Waals surface area contributed by atoms with Crippen LogP contribution in [0.25, 0.3) is 0 Å². The van der Waals surface area contributed by atoms with Crippen molar-refractivity contribution in [2.24, 2.45) is 0 Å². The minimum absolute atomic E-state index is 0.177. The summed E-state index contributed by atoms with van der Waals surface area (Å²) < 4.78 is 1.82. The molecular formula is C10H13ClN2O. The minimum Gasteiger partial charge on any atom is -0.384 e. The van der Waals surface area contributed by atoms with Crippen LogP contribution in [0.2, 0.25) is 5.02 Å². The first kappa shape index (κ1) is 11.1. The predicted molar refractivity (Wildman–Crippen MR) is 56.3 cm³/mol. The van der Waals surface area contributed by atoms with E-state index in [0.29, 0.717) is 10.7 Å². The molecule has 4 heteroatoms. The molecule has 3 nitrogen and oxygen atoms in total. The SMILES string of the molecule is Cc1c(Cl)c(C#CCO)nn1C(C)C. The summed E-state index contributed by atoms with van der Waals surface area (Å²) in [6.07, 6.45) is 0. The normalized spacial score (nSPS) is 10.1. The molecule has 0 saturated carbocycles. The molecule has 1 aromatic heterocycles. The number of aliphatic hydroxyl groups excluding tert-OH is 1. The Morgan fingerprint density at radius 3 is 2.64 bits per heavy atom. The van der Waals surface area contributed by atoms with E-state index in [2.05, 4.69) is 16.9 Å². The van der Waals surface area contributed by atoms with Gasteiger partial charge >= 0.3 is 0 Å². The quantitative estimate of drug-likeness (QED) is 0.721. The van der Waals surface area contributed by atoms with Crippen molar-refractivity contribution >= 4 is 11.6 Å². The Labute approximate surface area is 88.7 Å². The number of hydrogen-bond donors (Lipinski definition) is 1. The van der Waals surface area contributed by atoms with Crippen LogP contribution in [0.3, 0.4) is 0 Å². The zero-order valence-electron chi connectivity index (χ0n) is 8.50. The van der Waals surface area contributed by atoms with Gasteiger partial charge in [-0.3, -0.25) is 4.68 Å². The molecule has 0 amide bonds. The van der Waals surface area contributed by atoms with Crippen molar-refractivity contribution in [3.8, 4) is 11.8 Å². The molecule has 1 rings (SSSR count). The molecule has 76 valence electrons. The fourth-order valence-corrected chi connectivity index (χ4v) is 1.38. The summed E-state index contributed by atoms with van der Waals surface area (Å²) in [6, 6.07) is 0.261. The Balaban J connectivity index is 3.15. The molecule has 0 aliphatic rings. The molecule has 0 aliphatic carbocycles. The van der Waals surface area contributed by atoms with Gasteiger partial charge in [-0.25, -0.2) is 0 Å². The fraction of sp³-hybridized carbons (Fsp3) is 0.500. The van der Waals surface area contributed by atoms with Crippen molar-refractivity contribution in [1.82, 2.24) is 9.78 Å². The van der Waals surface area contributed by atoms with Gasteiger partial charge in [0.1, 0.15) is 6.61 Å². The first-order valence-corrected chi connectivity index (χ1v) is 4.80. The van der Waals surface area contributed by atoms with E-state index in [0.717, 1.165) is 5.69 Å². The molecule has 0 spiro atoms. The van der Waals surface area contributed by atoms with Gasteiger partial charge < -0.3 is 5.11 Å². The summed E-state index contributed by atoms with van der Waals surface area (Å²) >= 11 is 6.03. The summed E-state index contributed by atoms with van der Waals surface area (Å²) in [5, 5.41) is 13.4. The van der Waals surface area contributed by atoms with E-state index in [4.69, 9.17) is 16.7 Å². The van der Waals surface area contributed by atoms with Crippen molar-refractivity contribution in [1.29, 1.82) is 0 Å². The Morgan fingerprint density at radius 2 is 2.21 bits per heavy atom. The Hall–Kier alpha value is -0.980. The van der Waals surface area contributed by atoms with Crippen molar-refractivity contribution in [3.63, 3.8) is 0 Å². The van der Waals surface area contributed by atoms with Crippen LogP contribution in [-0.4, -0.2) is 21.5 Å². The van der Waals surface area contributed by atoms with Gasteiger partial charge in [0.05, 0.1) is 10.7 Å². The van der Waals surface area contributed by atoms with E-state index in [1.807, 2.05) is 25.5 Å². The molecule has 1 N–H and O–H groups in total. The van der Waals surface area contributed by atoms with Crippen LogP contribution in [-0.2, 0) is 0 Å². The smallest absolute Gasteiger partial charge is 0.154 e. The van der Waals surface area contributed by atoms with E-state index in [-0.39, 0.29) is 12.6 Å². The highest BCUT2D eigenvalue weighted by atomic mass is 35.5. The lowest BCUT2D eigenvalue weighted by molar-refractivity contribution is 0.350. The lowest BCUT2D eigenvalue weighted by Gasteiger charge is -2.06. The molecule has 1 aromatic rings. The van der Waals surface area contributed by atoms with Crippen LogP contribution in [0, 0.1) is 18.8 Å². The molecule has 0 aromatic carbocycles. The summed E-state index contributed by atoms with van der Waals surface area (Å²) in [5.41, 5.74) is 1.44. The second-order valence-electron chi connectivity index (χ2n) is 3.25. The highest BCUT2D eigenvalue weighted by Gasteiger charge is 2.12. The maximum Gasteiger partial charge on any atom is 0.154 e. The predicted octanol–water partition coefficient (Wildman–Crippen LogP) is 1.77. The van der Waals surface area contributed by atoms with E-state index < -0.39 is 0 Å². The van der Waals surface area contributed by atoms with Crippen molar-refractivity contribution < 1.29 is 5.11 Å². The molecule has 0 atom stereocenters. The molecule has 0 bridgehead atoms. The first-order chi connectivity index (χ1) is 6.57. The van der Waals surface area contributed by atoms with Crippen LogP contribution in [0.15, 0.2) is 0 Å². The number of hydrogen-bond acceptors (Lipinski definition) is 2. The highest BCUT2D eigenvalue weighted by Crippen LogP contribution is 2.21. The molecular weight excluding hydrogens is 200 g/mol. The van der Waals surface area contributed by atoms with E-state index in [9.17, 15) is 0 Å². The molecule has 0 radical (unpaired) electrons. The standard InChI is InChI=1S/C10H13ClN2O/c1-7(2)13-8(3)10(11)9(12-13)5-4-6-14/h7,14H,6H2,1-3H3. The first-order valence-electron chi connectivity index (χ1n) is 4.42. The van der Waals surface area contributed by atoms with E-state index in [1.54, 1.807) is 0 Å². The van der Waals surface area contributed by atoms with E-state index in [1.165, 1.54) is 0 Å². The minimum atomic E-state index is -0.177. The third-order valence-corrected chi connectivity index (χ3v) is 2.30. The van der Waals surface area contributed by atoms with Crippen LogP contribution < -0.4 is 0 Å². The zero-order chi connectivity index (χ0) is 10.7. The van der Waals surface area contributed by atoms with Crippen molar-refractivity contribution in [3.05, 3.63) is 16.4 Å². The number of nitrogens with zero attached hydrogens (tertiary/aromatic N) is 2. The van der Waals surface area contributed by atoms with Gasteiger partial charge in [-0.15, -0.1) is 0 Å². The Bertz CT molecular complexity index is 385. The number of aromatic nitrogens is 2. The second kappa shape index (κ2) is 4.50. The third-order valence-electron chi connectivity index (χ3n) is 1.85. The third kappa shape index (κ3) is 2.09. The van der Waals surface area contributed by atoms with Gasteiger partial charge in [0.25, 0.3) is 0 Å². The lowest BCUT2D eigenvalue weighted by Crippen LogP contribution is -2.04. The Morgan fingerprint density at radius 1 is 1.57 bits per heavy atom. The van der Waals surface area contributed by atoms with E-state index >= 15 is 0 Å². The monoisotopic (exact) mass is 212 g/mol. The van der Waals surface area contributed by atoms with Crippen LogP contribution in [0.5, 0.6) is 0 Å². The second-order valence-corrected chi connectivity index (χ2v) is 3.62. The summed E-state index contributed by atoms with van der Waals surface area (Å²) in [5.74, 6) is 5.24. The number of halogens is 1. The summed E-state index contributed by atoms with van der Waals surface area (Å²) in [6.45, 7) is 5.78. The molecule has 0 fully saturated rings. The number of aliphatic hydroxyl groups is 1. The lowest BCUT2D eigenvalue weighted by atomic mass is 10.3. The van der Waals surface area contributed by atoms with Gasteiger partial charge in [0.2, 0.25) is 0 Å². The van der Waals surface area contributed by atoms with Gasteiger partial charge in [0.15, 0.2) is 5.69 Å². The van der Waals surface area contributed by atoms with Gasteiger partial charge in [-0.1, -0.05) is 17.5 Å². The molecule has 0 aliphatic heterocycles. The summed E-state index contributed by atoms with van der Waals surface area (Å²) in [4.78, 5) is 0. The fourth-order valence-electron chi connectivity index (χ4n) is 1.20. The summed E-state index contributed by atoms with van der Waals surface area (Å²) in [7, 11) is 0. The molecule has 0 unspecified atom stereocenters. The molecule has 1 heterocycles. The maximum atomic E-state index is 8.55. The molecule has 0 saturated heterocycles. The van der Waals surface area contributed by atoms with Crippen molar-refractivity contribution in [2.75, 3.05) is 6.61 Å². The Kier molecular flexibility index (Phi) is 3.56. The van der Waals surface area contributed by atoms with Crippen LogP contribution >= 0.6 is 11.6 Å². The maximum absolute atomic E-state index is 8.55. The van der Waals surface area contributed by atoms with Gasteiger partial charge in [0, 0.05) is 6.04 Å². The highest BCUT2D eigenvalue weighted by molar-refractivity contribution is 6.32. The largest absolute Gasteiger partial charge is 0.384 e. The van der Waals surface area contributed by atoms with Gasteiger partial charge in [-0.2, -0.15) is 5.10 Å². The zero-order valence-corrected chi connectivity index (χ0v) is 9.26. The van der Waals surface area contributed by atoms with Crippen molar-refractivity contribution in [2.45, 2.75) is 26.8 Å². The number of rotatable bonds is 1. The average Bonchev–Trinajstić information content (AvgIpc) is 2.42. The van der Waals surface area contributed by atoms with Crippen LogP contribution in [0.4, 0.5) is 0 Å². The molecule has 14 heavy (non-hydrogen) atoms. The average molecular weight is 213 g/mol. The van der Waals surface area contributed by atoms with Gasteiger partial charge in [-0.05, 0) is 26.7 Å². The van der Waals surface area contributed by atoms with Crippen LogP contribution in [0.1, 0.15) is 31.3 Å².